The van der Waals surface area contributed by atoms with E-state index in [2.05, 4.69) is 5.32 Å². The minimum atomic E-state index is -1.99. The van der Waals surface area contributed by atoms with Gasteiger partial charge in [-0.1, -0.05) is 25.5 Å². The van der Waals surface area contributed by atoms with Crippen molar-refractivity contribution in [3.05, 3.63) is 57.7 Å². The molecular formula is C51H63FN4O16. The first-order valence-electron chi connectivity index (χ1n) is 24.4. The van der Waals surface area contributed by atoms with Gasteiger partial charge in [0.05, 0.1) is 30.5 Å². The third kappa shape index (κ3) is 9.44. The summed E-state index contributed by atoms with van der Waals surface area (Å²) in [6.45, 7) is 8.50. The zero-order chi connectivity index (χ0) is 52.4. The molecule has 0 radical (unpaired) electrons. The topological polar surface area (TPSA) is 267 Å². The van der Waals surface area contributed by atoms with Crippen LogP contribution in [0.4, 0.5) is 19.7 Å². The maximum atomic E-state index is 16.0. The molecule has 1 aliphatic heterocycles. The summed E-state index contributed by atoms with van der Waals surface area (Å²) in [6.07, 6.45) is 5.87. The van der Waals surface area contributed by atoms with E-state index in [0.29, 0.717) is 19.3 Å². The van der Waals surface area contributed by atoms with Crippen molar-refractivity contribution in [3.8, 4) is 5.75 Å². The predicted octanol–water partition coefficient (Wildman–Crippen LogP) is 4.74. The minimum Gasteiger partial charge on any atom is -0.492 e. The number of hydrogen-bond acceptors (Lipinski definition) is 16. The number of esters is 2. The molecule has 2 amide bonds. The van der Waals surface area contributed by atoms with Gasteiger partial charge in [-0.25, -0.2) is 23.6 Å². The van der Waals surface area contributed by atoms with E-state index >= 15 is 4.39 Å². The largest absolute Gasteiger partial charge is 0.492 e. The lowest BCUT2D eigenvalue weighted by Gasteiger charge is -2.59. The Morgan fingerprint density at radius 3 is 2.39 bits per heavy atom. The number of aliphatic hydroxyl groups excluding tert-OH is 1. The Morgan fingerprint density at radius 2 is 1.74 bits per heavy atom. The van der Waals surface area contributed by atoms with Crippen LogP contribution < -0.4 is 20.4 Å². The standard InChI is InChI=1S/C51H63FN4O16/c1-26-22-54(41-34(52)19-31-40(43(41)68-7)56(28-9-10-28)23-32(42(31)61)44(62)63)16-17-55(26)47(66)71-25-70-38(60)20-35(53-46(65)72-48(2,3)4)45(64)69-24-37(59)51(67)15-13-33-30-11-8-27-18-29(57)12-14-49(27,5)39(30)36(58)21-50(33,51)6/h12,14,18-19,23,26,28,30,33,35-36,39,58,67H,8-11,13,15-17,20-22,24-25H2,1-7H3,(H,53,65)(H,62,63)/t26?,30?,33?,35?,36-,39?,49-,50-,51-/m0/s1. The van der Waals surface area contributed by atoms with E-state index in [1.54, 1.807) is 50.2 Å². The highest BCUT2D eigenvalue weighted by Gasteiger charge is 2.68. The fraction of sp³-hybridized carbons (Fsp3) is 0.608. The number of carbonyl (C=O) groups is 7. The van der Waals surface area contributed by atoms with E-state index in [9.17, 15) is 53.7 Å². The Bertz CT molecular complexity index is 2730. The smallest absolute Gasteiger partial charge is 0.413 e. The molecule has 8 rings (SSSR count). The number of benzene rings is 1. The average molecular weight is 1010 g/mol. The third-order valence-corrected chi connectivity index (χ3v) is 16.0. The fourth-order valence-electron chi connectivity index (χ4n) is 12.4. The van der Waals surface area contributed by atoms with E-state index in [1.807, 2.05) is 13.0 Å². The molecule has 1 aromatic heterocycles. The molecule has 5 fully saturated rings. The maximum Gasteiger partial charge on any atom is 0.413 e. The second-order valence-corrected chi connectivity index (χ2v) is 21.5. The SMILES string of the molecule is COc1c(N2CCN(C(=O)OCOC(=O)CC(NC(=O)OC(C)(C)C)C(=O)OCC(=O)[C@@]3(O)CCC4C5CCC6=CC(=O)C=C[C@]6(C)C5[C@@H](O)C[C@@]43C)C(C)C2)c(F)cc2c(=O)c(C(=O)O)cn(C3CC3)c12. The summed E-state index contributed by atoms with van der Waals surface area (Å²) in [5.74, 6) is -5.95. The van der Waals surface area contributed by atoms with Gasteiger partial charge in [0.15, 0.2) is 24.0 Å². The molecule has 20 nitrogen and oxygen atoms in total. The number of ketones is 2. The van der Waals surface area contributed by atoms with Crippen molar-refractivity contribution in [2.45, 2.75) is 128 Å². The number of piperazine rings is 1. The number of aromatic carboxylic acids is 1. The second-order valence-electron chi connectivity index (χ2n) is 21.5. The van der Waals surface area contributed by atoms with Gasteiger partial charge in [-0.05, 0) is 103 Å². The van der Waals surface area contributed by atoms with E-state index in [0.717, 1.165) is 24.5 Å². The number of Topliss-reactive ketones (excluding diaryl/α,β-unsaturated/α-hetero) is 1. The number of methoxy groups -OCH3 is 1. The number of aliphatic hydroxyl groups is 2. The van der Waals surface area contributed by atoms with Gasteiger partial charge in [0.25, 0.3) is 0 Å². The number of carboxylic acids is 1. The molecule has 4 N–H and O–H groups in total. The van der Waals surface area contributed by atoms with E-state index in [1.165, 1.54) is 24.3 Å². The van der Waals surface area contributed by atoms with Crippen molar-refractivity contribution in [1.82, 2.24) is 14.8 Å². The van der Waals surface area contributed by atoms with Gasteiger partial charge in [0.1, 0.15) is 28.5 Å². The Hall–Kier alpha value is -6.35. The summed E-state index contributed by atoms with van der Waals surface area (Å²) in [6, 6.07) is -1.47. The Labute approximate surface area is 414 Å². The number of fused-ring (bicyclic) bond motifs is 6. The van der Waals surface area contributed by atoms with Crippen LogP contribution in [0, 0.1) is 34.4 Å². The molecule has 2 aromatic rings. The first-order valence-corrected chi connectivity index (χ1v) is 24.4. The van der Waals surface area contributed by atoms with Crippen LogP contribution in [-0.2, 0) is 38.1 Å². The number of amides is 2. The molecular weight excluding hydrogens is 944 g/mol. The summed E-state index contributed by atoms with van der Waals surface area (Å²) in [7, 11) is 1.32. The number of halogens is 1. The molecule has 390 valence electrons. The lowest BCUT2D eigenvalue weighted by molar-refractivity contribution is -0.181. The van der Waals surface area contributed by atoms with Gasteiger partial charge < -0.3 is 58.7 Å². The number of ether oxygens (including phenoxy) is 5. The van der Waals surface area contributed by atoms with Gasteiger partial charge in [-0.3, -0.25) is 19.2 Å². The molecule has 1 aromatic carbocycles. The number of nitrogens with one attached hydrogen (secondary N) is 1. The first-order chi connectivity index (χ1) is 33.8. The summed E-state index contributed by atoms with van der Waals surface area (Å²) >= 11 is 0. The van der Waals surface area contributed by atoms with Crippen LogP contribution in [0.5, 0.6) is 5.75 Å². The summed E-state index contributed by atoms with van der Waals surface area (Å²) in [5.41, 5.74) is -4.76. The van der Waals surface area contributed by atoms with Crippen molar-refractivity contribution in [2.75, 3.05) is 45.0 Å². The molecule has 0 spiro atoms. The van der Waals surface area contributed by atoms with E-state index < -0.39 is 113 Å². The number of nitrogens with zero attached hydrogens (tertiary/aromatic N) is 3. The third-order valence-electron chi connectivity index (χ3n) is 16.0. The van der Waals surface area contributed by atoms with Gasteiger partial charge >= 0.3 is 30.1 Å². The normalized spacial score (nSPS) is 29.2. The number of hydrogen-bond donors (Lipinski definition) is 4. The minimum absolute atomic E-state index is 0.00363. The summed E-state index contributed by atoms with van der Waals surface area (Å²) in [4.78, 5) is 107. The summed E-state index contributed by atoms with van der Waals surface area (Å²) < 4.78 is 44.4. The van der Waals surface area contributed by atoms with Crippen LogP contribution in [0.25, 0.3) is 10.9 Å². The highest BCUT2D eigenvalue weighted by atomic mass is 19.1. The summed E-state index contributed by atoms with van der Waals surface area (Å²) in [5, 5.41) is 35.7. The molecule has 0 bridgehead atoms. The molecule has 21 heteroatoms. The van der Waals surface area contributed by atoms with E-state index in [4.69, 9.17) is 23.7 Å². The monoisotopic (exact) mass is 1010 g/mol. The van der Waals surface area contributed by atoms with Crippen molar-refractivity contribution >= 4 is 58.3 Å². The van der Waals surface area contributed by atoms with Crippen LogP contribution in [0.1, 0.15) is 109 Å². The predicted molar refractivity (Wildman–Crippen MR) is 252 cm³/mol. The van der Waals surface area contributed by atoms with Gasteiger partial charge in [-0.15, -0.1) is 0 Å². The van der Waals surface area contributed by atoms with Crippen LogP contribution >= 0.6 is 0 Å². The molecule has 72 heavy (non-hydrogen) atoms. The highest BCUT2D eigenvalue weighted by Crippen LogP contribution is 2.67. The highest BCUT2D eigenvalue weighted by molar-refractivity contribution is 6.01. The zero-order valence-electron chi connectivity index (χ0n) is 41.5. The van der Waals surface area contributed by atoms with Crippen LogP contribution in [-0.4, -0.2) is 136 Å². The van der Waals surface area contributed by atoms with Gasteiger partial charge in [0.2, 0.25) is 18.0 Å². The van der Waals surface area contributed by atoms with Crippen molar-refractivity contribution in [1.29, 1.82) is 0 Å². The number of anilines is 1. The lowest BCUT2D eigenvalue weighted by Crippen LogP contribution is -2.61. The van der Waals surface area contributed by atoms with E-state index in [-0.39, 0.29) is 84.4 Å². The van der Waals surface area contributed by atoms with Crippen molar-refractivity contribution in [3.63, 3.8) is 0 Å². The zero-order valence-corrected chi connectivity index (χ0v) is 41.5. The van der Waals surface area contributed by atoms with Gasteiger partial charge in [0, 0.05) is 54.7 Å². The molecule has 6 aliphatic rings. The molecule has 4 saturated carbocycles. The second kappa shape index (κ2) is 19.2. The molecule has 5 aliphatic carbocycles. The van der Waals surface area contributed by atoms with Crippen molar-refractivity contribution in [2.24, 2.45) is 28.6 Å². The van der Waals surface area contributed by atoms with Crippen LogP contribution in [0.2, 0.25) is 0 Å². The number of alkyl carbamates (subject to hydrolysis) is 1. The quantitative estimate of drug-likeness (QED) is 0.120. The fourth-order valence-corrected chi connectivity index (χ4v) is 12.4. The maximum absolute atomic E-state index is 16.0. The average Bonchev–Trinajstić information content (AvgIpc) is 4.11. The lowest BCUT2D eigenvalue weighted by atomic mass is 9.46. The number of rotatable bonds is 13. The Morgan fingerprint density at radius 1 is 1.01 bits per heavy atom. The Kier molecular flexibility index (Phi) is 13.9. The number of carbonyl (C=O) groups excluding carboxylic acids is 6. The molecule has 9 atom stereocenters. The first kappa shape index (κ1) is 52.0. The Balaban J connectivity index is 0.878. The molecule has 5 unspecified atom stereocenters. The number of carboxylic acid groups (broad SMARTS) is 1. The van der Waals surface area contributed by atoms with Gasteiger partial charge in [-0.2, -0.15) is 0 Å². The number of pyridine rings is 1. The molecule has 1 saturated heterocycles. The van der Waals surface area contributed by atoms with Crippen LogP contribution in [0.3, 0.4) is 0 Å². The van der Waals surface area contributed by atoms with Crippen molar-refractivity contribution < 1.29 is 77.0 Å². The van der Waals surface area contributed by atoms with Crippen LogP contribution in [0.15, 0.2) is 40.9 Å². The number of aromatic nitrogens is 1. The molecule has 2 heterocycles. The number of allylic oxidation sites excluding steroid dienone is 4.